The molecule has 0 saturated carbocycles. The average molecular weight is 609 g/mol. The van der Waals surface area contributed by atoms with Crippen molar-refractivity contribution in [1.29, 1.82) is 0 Å². The molecular weight excluding hydrogens is 568 g/mol. The standard InChI is InChI=1S/C37H40N2O6/c1-43-35(40)14-8-9-24-39(26-28-15-21-32(22-16-28)37(42)44-2)25-23-30-10-6-7-13-34(30)45-27-29-17-19-31(20-18-29)36(41)38-33-11-4-3-5-12-33/h3-7,10-13,15-22H,8-9,14,23-27H2,1-2H3,(H,38,41). The van der Waals surface area contributed by atoms with E-state index in [2.05, 4.69) is 16.3 Å². The van der Waals surface area contributed by atoms with Gasteiger partial charge in [-0.05, 0) is 85.0 Å². The first-order valence-electron chi connectivity index (χ1n) is 15.1. The Hall–Kier alpha value is -4.95. The van der Waals surface area contributed by atoms with Gasteiger partial charge in [0.1, 0.15) is 12.4 Å². The van der Waals surface area contributed by atoms with Gasteiger partial charge in [-0.1, -0.05) is 60.7 Å². The zero-order valence-electron chi connectivity index (χ0n) is 25.9. The first-order valence-corrected chi connectivity index (χ1v) is 15.1. The summed E-state index contributed by atoms with van der Waals surface area (Å²) in [6.45, 7) is 2.67. The lowest BCUT2D eigenvalue weighted by atomic mass is 10.1. The van der Waals surface area contributed by atoms with E-state index in [1.54, 1.807) is 24.3 Å². The Morgan fingerprint density at radius 3 is 2.07 bits per heavy atom. The number of unbranched alkanes of at least 4 members (excludes halogenated alkanes) is 1. The van der Waals surface area contributed by atoms with E-state index in [9.17, 15) is 14.4 Å². The number of methoxy groups -OCH3 is 2. The average Bonchev–Trinajstić information content (AvgIpc) is 3.08. The minimum absolute atomic E-state index is 0.159. The maximum atomic E-state index is 12.6. The van der Waals surface area contributed by atoms with E-state index in [-0.39, 0.29) is 17.8 Å². The first-order chi connectivity index (χ1) is 21.9. The summed E-state index contributed by atoms with van der Waals surface area (Å²) in [5, 5.41) is 2.90. The molecule has 0 aliphatic carbocycles. The number of para-hydroxylation sites is 2. The van der Waals surface area contributed by atoms with Gasteiger partial charge in [-0.2, -0.15) is 0 Å². The van der Waals surface area contributed by atoms with Crippen molar-refractivity contribution >= 4 is 23.5 Å². The van der Waals surface area contributed by atoms with E-state index >= 15 is 0 Å². The lowest BCUT2D eigenvalue weighted by molar-refractivity contribution is -0.140. The molecule has 0 bridgehead atoms. The third-order valence-electron chi connectivity index (χ3n) is 7.43. The smallest absolute Gasteiger partial charge is 0.337 e. The van der Waals surface area contributed by atoms with Crippen LogP contribution in [-0.2, 0) is 33.8 Å². The number of anilines is 1. The van der Waals surface area contributed by atoms with Crippen molar-refractivity contribution in [2.75, 3.05) is 32.6 Å². The third kappa shape index (κ3) is 10.6. The first kappa shape index (κ1) is 33.0. The van der Waals surface area contributed by atoms with Gasteiger partial charge < -0.3 is 19.5 Å². The molecule has 0 aliphatic rings. The predicted molar refractivity (Wildman–Crippen MR) is 174 cm³/mol. The molecule has 0 aromatic heterocycles. The Labute approximate surface area is 264 Å². The van der Waals surface area contributed by atoms with Gasteiger partial charge in [0.05, 0.1) is 19.8 Å². The zero-order chi connectivity index (χ0) is 31.9. The summed E-state index contributed by atoms with van der Waals surface area (Å²) >= 11 is 0. The Balaban J connectivity index is 1.35. The number of esters is 2. The molecule has 45 heavy (non-hydrogen) atoms. The minimum atomic E-state index is -0.359. The molecule has 0 atom stereocenters. The highest BCUT2D eigenvalue weighted by Crippen LogP contribution is 2.21. The molecular formula is C37H40N2O6. The normalized spacial score (nSPS) is 10.7. The van der Waals surface area contributed by atoms with E-state index in [0.717, 1.165) is 60.5 Å². The van der Waals surface area contributed by atoms with Crippen molar-refractivity contribution in [1.82, 2.24) is 4.90 Å². The molecule has 234 valence electrons. The lowest BCUT2D eigenvalue weighted by Gasteiger charge is -2.23. The molecule has 0 aliphatic heterocycles. The Kier molecular flexibility index (Phi) is 12.7. The molecule has 1 amide bonds. The van der Waals surface area contributed by atoms with E-state index in [0.29, 0.717) is 30.7 Å². The number of nitrogens with one attached hydrogen (secondary N) is 1. The van der Waals surface area contributed by atoms with Crippen LogP contribution in [0.5, 0.6) is 5.75 Å². The largest absolute Gasteiger partial charge is 0.489 e. The fraction of sp³-hybridized carbons (Fsp3) is 0.270. The molecule has 1 N–H and O–H groups in total. The number of hydrogen-bond donors (Lipinski definition) is 1. The summed E-state index contributed by atoms with van der Waals surface area (Å²) in [5.41, 5.74) is 4.99. The fourth-order valence-electron chi connectivity index (χ4n) is 4.87. The van der Waals surface area contributed by atoms with E-state index in [1.807, 2.05) is 72.8 Å². The molecule has 0 unspecified atom stereocenters. The quantitative estimate of drug-likeness (QED) is 0.112. The minimum Gasteiger partial charge on any atom is -0.489 e. The molecule has 0 radical (unpaired) electrons. The van der Waals surface area contributed by atoms with E-state index in [1.165, 1.54) is 14.2 Å². The molecule has 4 aromatic rings. The fourth-order valence-corrected chi connectivity index (χ4v) is 4.87. The van der Waals surface area contributed by atoms with Gasteiger partial charge in [0.2, 0.25) is 0 Å². The third-order valence-corrected chi connectivity index (χ3v) is 7.43. The van der Waals surface area contributed by atoms with Gasteiger partial charge in [-0.25, -0.2) is 4.79 Å². The Morgan fingerprint density at radius 1 is 0.689 bits per heavy atom. The number of hydrogen-bond acceptors (Lipinski definition) is 7. The van der Waals surface area contributed by atoms with Crippen LogP contribution in [0.15, 0.2) is 103 Å². The summed E-state index contributed by atoms with van der Waals surface area (Å²) in [6, 6.07) is 32.3. The number of carbonyl (C=O) groups excluding carboxylic acids is 3. The van der Waals surface area contributed by atoms with Gasteiger partial charge >= 0.3 is 11.9 Å². The highest BCUT2D eigenvalue weighted by Gasteiger charge is 2.12. The Morgan fingerprint density at radius 2 is 1.36 bits per heavy atom. The van der Waals surface area contributed by atoms with Crippen LogP contribution in [0.1, 0.15) is 56.7 Å². The lowest BCUT2D eigenvalue weighted by Crippen LogP contribution is -2.27. The number of carbonyl (C=O) groups is 3. The number of rotatable bonds is 16. The van der Waals surface area contributed by atoms with Crippen LogP contribution in [0, 0.1) is 0 Å². The van der Waals surface area contributed by atoms with Crippen LogP contribution in [-0.4, -0.2) is 50.1 Å². The summed E-state index contributed by atoms with van der Waals surface area (Å²) in [6.07, 6.45) is 2.77. The van der Waals surface area contributed by atoms with Gasteiger partial charge in [0, 0.05) is 30.8 Å². The number of benzene rings is 4. The van der Waals surface area contributed by atoms with Crippen LogP contribution in [0.2, 0.25) is 0 Å². The van der Waals surface area contributed by atoms with Gasteiger partial charge in [-0.3, -0.25) is 14.5 Å². The van der Waals surface area contributed by atoms with Gasteiger partial charge in [0.25, 0.3) is 5.91 Å². The SMILES string of the molecule is COC(=O)CCCCN(CCc1ccccc1OCc1ccc(C(=O)Nc2ccccc2)cc1)Cc1ccc(C(=O)OC)cc1. The molecule has 8 nitrogen and oxygen atoms in total. The highest BCUT2D eigenvalue weighted by molar-refractivity contribution is 6.04. The predicted octanol–water partition coefficient (Wildman–Crippen LogP) is 6.69. The molecule has 0 heterocycles. The number of ether oxygens (including phenoxy) is 3. The second kappa shape index (κ2) is 17.4. The summed E-state index contributed by atoms with van der Waals surface area (Å²) in [4.78, 5) is 38.4. The van der Waals surface area contributed by atoms with Crippen molar-refractivity contribution in [3.05, 3.63) is 131 Å². The van der Waals surface area contributed by atoms with Crippen molar-refractivity contribution in [3.63, 3.8) is 0 Å². The summed E-state index contributed by atoms with van der Waals surface area (Å²) < 4.78 is 15.8. The van der Waals surface area contributed by atoms with Crippen LogP contribution in [0.4, 0.5) is 5.69 Å². The summed E-state index contributed by atoms with van der Waals surface area (Å²) in [5.74, 6) is 0.100. The van der Waals surface area contributed by atoms with Crippen molar-refractivity contribution < 1.29 is 28.6 Å². The molecule has 0 fully saturated rings. The second-order valence-electron chi connectivity index (χ2n) is 10.7. The topological polar surface area (TPSA) is 94.2 Å². The molecule has 4 aromatic carbocycles. The van der Waals surface area contributed by atoms with Gasteiger partial charge in [0.15, 0.2) is 0 Å². The Bertz CT molecular complexity index is 1520. The van der Waals surface area contributed by atoms with Crippen LogP contribution >= 0.6 is 0 Å². The van der Waals surface area contributed by atoms with Crippen molar-refractivity contribution in [2.24, 2.45) is 0 Å². The maximum absolute atomic E-state index is 12.6. The molecule has 4 rings (SSSR count). The summed E-state index contributed by atoms with van der Waals surface area (Å²) in [7, 11) is 2.78. The molecule has 8 heteroatoms. The number of amides is 1. The monoisotopic (exact) mass is 608 g/mol. The second-order valence-corrected chi connectivity index (χ2v) is 10.7. The van der Waals surface area contributed by atoms with E-state index < -0.39 is 0 Å². The van der Waals surface area contributed by atoms with Crippen LogP contribution in [0.25, 0.3) is 0 Å². The number of nitrogens with zero attached hydrogens (tertiary/aromatic N) is 1. The van der Waals surface area contributed by atoms with Crippen molar-refractivity contribution in [3.8, 4) is 5.75 Å². The van der Waals surface area contributed by atoms with Gasteiger partial charge in [-0.15, -0.1) is 0 Å². The molecule has 0 saturated heterocycles. The van der Waals surface area contributed by atoms with Crippen LogP contribution < -0.4 is 10.1 Å². The molecule has 0 spiro atoms. The zero-order valence-corrected chi connectivity index (χ0v) is 25.9. The maximum Gasteiger partial charge on any atom is 0.337 e. The van der Waals surface area contributed by atoms with Crippen LogP contribution in [0.3, 0.4) is 0 Å². The highest BCUT2D eigenvalue weighted by atomic mass is 16.5. The van der Waals surface area contributed by atoms with Crippen molar-refractivity contribution in [2.45, 2.75) is 38.8 Å². The van der Waals surface area contributed by atoms with E-state index in [4.69, 9.17) is 14.2 Å².